The van der Waals surface area contributed by atoms with Crippen LogP contribution in [0.5, 0.6) is 17.2 Å². The first kappa shape index (κ1) is 21.0. The molecule has 0 aliphatic heterocycles. The van der Waals surface area contributed by atoms with E-state index in [0.29, 0.717) is 12.0 Å². The highest BCUT2D eigenvalue weighted by molar-refractivity contribution is 5.49. The maximum absolute atomic E-state index is 15.0. The van der Waals surface area contributed by atoms with Gasteiger partial charge in [-0.1, -0.05) is 13.0 Å². The molecule has 156 valence electrons. The highest BCUT2D eigenvalue weighted by Crippen LogP contribution is 2.38. The van der Waals surface area contributed by atoms with E-state index in [9.17, 15) is 18.0 Å². The Kier molecular flexibility index (Phi) is 6.11. The predicted octanol–water partition coefficient (Wildman–Crippen LogP) is 3.99. The molecule has 0 spiro atoms. The van der Waals surface area contributed by atoms with E-state index in [2.05, 4.69) is 10.2 Å². The topological polar surface area (TPSA) is 92.9 Å². The summed E-state index contributed by atoms with van der Waals surface area (Å²) in [6.45, 7) is 1.57. The maximum Gasteiger partial charge on any atom is 0.343 e. The van der Waals surface area contributed by atoms with E-state index < -0.39 is 23.5 Å². The SMILES string of the molecule is CCc1ccc(OCc2n[nH]c(=O)n2C)c(Oc2cc(C#N)cc(C(F)F)c2)c1F. The lowest BCUT2D eigenvalue weighted by Crippen LogP contribution is -2.15. The summed E-state index contributed by atoms with van der Waals surface area (Å²) >= 11 is 0. The average molecular weight is 418 g/mol. The first-order valence-corrected chi connectivity index (χ1v) is 8.89. The van der Waals surface area contributed by atoms with Gasteiger partial charge < -0.3 is 9.47 Å². The van der Waals surface area contributed by atoms with Gasteiger partial charge in [0, 0.05) is 12.6 Å². The number of alkyl halides is 2. The molecule has 0 amide bonds. The van der Waals surface area contributed by atoms with E-state index in [0.717, 1.165) is 12.1 Å². The summed E-state index contributed by atoms with van der Waals surface area (Å²) in [6, 6.07) is 8.05. The molecule has 1 N–H and O–H groups in total. The summed E-state index contributed by atoms with van der Waals surface area (Å²) in [5.41, 5.74) is -0.589. The molecule has 3 aromatic rings. The number of hydrogen-bond donors (Lipinski definition) is 1. The Morgan fingerprint density at radius 3 is 2.67 bits per heavy atom. The van der Waals surface area contributed by atoms with Crippen molar-refractivity contribution in [2.24, 2.45) is 7.05 Å². The van der Waals surface area contributed by atoms with Gasteiger partial charge in [-0.05, 0) is 36.2 Å². The van der Waals surface area contributed by atoms with E-state index in [1.165, 1.54) is 29.8 Å². The Morgan fingerprint density at radius 1 is 1.30 bits per heavy atom. The highest BCUT2D eigenvalue weighted by Gasteiger charge is 2.19. The van der Waals surface area contributed by atoms with Crippen LogP contribution in [0.1, 0.15) is 35.9 Å². The fraction of sp³-hybridized carbons (Fsp3) is 0.250. The monoisotopic (exact) mass is 418 g/mol. The number of ether oxygens (including phenoxy) is 2. The quantitative estimate of drug-likeness (QED) is 0.626. The molecule has 1 heterocycles. The molecule has 0 unspecified atom stereocenters. The van der Waals surface area contributed by atoms with Crippen LogP contribution in [0.25, 0.3) is 0 Å². The first-order valence-electron chi connectivity index (χ1n) is 8.89. The molecular formula is C20H17F3N4O3. The molecule has 1 aromatic heterocycles. The molecule has 0 saturated carbocycles. The Morgan fingerprint density at radius 2 is 2.07 bits per heavy atom. The number of nitrogens with one attached hydrogen (secondary N) is 1. The van der Waals surface area contributed by atoms with Crippen molar-refractivity contribution >= 4 is 0 Å². The molecule has 0 radical (unpaired) electrons. The summed E-state index contributed by atoms with van der Waals surface area (Å²) in [7, 11) is 1.49. The minimum absolute atomic E-state index is 0.0129. The van der Waals surface area contributed by atoms with Crippen LogP contribution >= 0.6 is 0 Å². The van der Waals surface area contributed by atoms with Crippen LogP contribution in [-0.4, -0.2) is 14.8 Å². The summed E-state index contributed by atoms with van der Waals surface area (Å²) in [5, 5.41) is 15.1. The number of aromatic nitrogens is 3. The Labute approximate surface area is 169 Å². The van der Waals surface area contributed by atoms with Crippen molar-refractivity contribution in [3.05, 3.63) is 69.1 Å². The summed E-state index contributed by atoms with van der Waals surface area (Å²) in [5.74, 6) is -0.913. The molecule has 0 aliphatic carbocycles. The molecule has 0 fully saturated rings. The summed E-state index contributed by atoms with van der Waals surface area (Å²) in [6.07, 6.45) is -2.47. The van der Waals surface area contributed by atoms with E-state index in [1.54, 1.807) is 13.0 Å². The van der Waals surface area contributed by atoms with Crippen molar-refractivity contribution in [3.63, 3.8) is 0 Å². The van der Waals surface area contributed by atoms with E-state index in [1.807, 2.05) is 0 Å². The van der Waals surface area contributed by atoms with Gasteiger partial charge in [0.1, 0.15) is 12.4 Å². The van der Waals surface area contributed by atoms with Crippen molar-refractivity contribution in [1.82, 2.24) is 14.8 Å². The molecule has 0 aliphatic rings. The molecular weight excluding hydrogens is 401 g/mol. The molecule has 3 rings (SSSR count). The number of hydrogen-bond acceptors (Lipinski definition) is 5. The van der Waals surface area contributed by atoms with Crippen molar-refractivity contribution in [1.29, 1.82) is 5.26 Å². The number of nitrogens with zero attached hydrogens (tertiary/aromatic N) is 3. The fourth-order valence-corrected chi connectivity index (χ4v) is 2.70. The van der Waals surface area contributed by atoms with Crippen LogP contribution in [0.15, 0.2) is 35.1 Å². The van der Waals surface area contributed by atoms with Gasteiger partial charge in [-0.2, -0.15) is 10.4 Å². The van der Waals surface area contributed by atoms with Crippen molar-refractivity contribution in [3.8, 4) is 23.3 Å². The molecule has 0 atom stereocenters. The fourth-order valence-electron chi connectivity index (χ4n) is 2.70. The lowest BCUT2D eigenvalue weighted by atomic mass is 10.1. The summed E-state index contributed by atoms with van der Waals surface area (Å²) in [4.78, 5) is 11.5. The zero-order valence-corrected chi connectivity index (χ0v) is 16.1. The molecule has 0 bridgehead atoms. The van der Waals surface area contributed by atoms with Gasteiger partial charge in [-0.15, -0.1) is 0 Å². The molecule has 10 heteroatoms. The van der Waals surface area contributed by atoms with Crippen LogP contribution in [-0.2, 0) is 20.1 Å². The van der Waals surface area contributed by atoms with E-state index in [4.69, 9.17) is 14.7 Å². The van der Waals surface area contributed by atoms with E-state index in [-0.39, 0.29) is 35.2 Å². The second kappa shape index (κ2) is 8.73. The van der Waals surface area contributed by atoms with Crippen molar-refractivity contribution in [2.75, 3.05) is 0 Å². The molecule has 7 nitrogen and oxygen atoms in total. The van der Waals surface area contributed by atoms with Crippen LogP contribution < -0.4 is 15.2 Å². The third kappa shape index (κ3) is 4.30. The van der Waals surface area contributed by atoms with Gasteiger partial charge in [0.15, 0.2) is 17.4 Å². The van der Waals surface area contributed by atoms with Crippen LogP contribution in [0, 0.1) is 17.1 Å². The van der Waals surface area contributed by atoms with Crippen LogP contribution in [0.2, 0.25) is 0 Å². The second-order valence-corrected chi connectivity index (χ2v) is 6.32. The molecule has 2 aromatic carbocycles. The Hall–Kier alpha value is -3.74. The van der Waals surface area contributed by atoms with Gasteiger partial charge in [0.05, 0.1) is 11.6 Å². The van der Waals surface area contributed by atoms with Crippen LogP contribution in [0.3, 0.4) is 0 Å². The van der Waals surface area contributed by atoms with Gasteiger partial charge in [-0.25, -0.2) is 23.1 Å². The average Bonchev–Trinajstić information content (AvgIpc) is 3.06. The normalized spacial score (nSPS) is 10.8. The smallest absolute Gasteiger partial charge is 0.343 e. The number of aromatic amines is 1. The lowest BCUT2D eigenvalue weighted by molar-refractivity contribution is 0.151. The number of rotatable bonds is 7. The highest BCUT2D eigenvalue weighted by atomic mass is 19.3. The largest absolute Gasteiger partial charge is 0.482 e. The molecule has 30 heavy (non-hydrogen) atoms. The number of halogens is 3. The second-order valence-electron chi connectivity index (χ2n) is 6.32. The van der Waals surface area contributed by atoms with E-state index >= 15 is 0 Å². The van der Waals surface area contributed by atoms with Crippen molar-refractivity contribution < 1.29 is 22.6 Å². The first-order chi connectivity index (χ1) is 14.3. The van der Waals surface area contributed by atoms with Gasteiger partial charge in [0.25, 0.3) is 6.43 Å². The maximum atomic E-state index is 15.0. The standard InChI is InChI=1S/C20H17F3N4O3/c1-3-12-4-5-15(29-10-16-25-26-20(28)27(16)2)18(17(12)21)30-14-7-11(9-24)6-13(8-14)19(22)23/h4-8,19H,3,10H2,1-2H3,(H,26,28). The zero-order chi connectivity index (χ0) is 21.8. The Bertz CT molecular complexity index is 1170. The van der Waals surface area contributed by atoms with Crippen molar-refractivity contribution in [2.45, 2.75) is 26.4 Å². The minimum Gasteiger partial charge on any atom is -0.482 e. The Balaban J connectivity index is 1.98. The third-order valence-electron chi connectivity index (χ3n) is 4.38. The van der Waals surface area contributed by atoms with Crippen LogP contribution in [0.4, 0.5) is 13.2 Å². The zero-order valence-electron chi connectivity index (χ0n) is 16.1. The number of nitriles is 1. The third-order valence-corrected chi connectivity index (χ3v) is 4.38. The number of aryl methyl sites for hydroxylation is 1. The minimum atomic E-state index is -2.83. The number of H-pyrrole nitrogens is 1. The number of benzene rings is 2. The lowest BCUT2D eigenvalue weighted by Gasteiger charge is -2.15. The van der Waals surface area contributed by atoms with Gasteiger partial charge in [0.2, 0.25) is 5.75 Å². The summed E-state index contributed by atoms with van der Waals surface area (Å²) < 4.78 is 53.6. The van der Waals surface area contributed by atoms with Gasteiger partial charge in [-0.3, -0.25) is 4.57 Å². The predicted molar refractivity (Wildman–Crippen MR) is 100 cm³/mol. The van der Waals surface area contributed by atoms with Gasteiger partial charge >= 0.3 is 5.69 Å². The molecule has 0 saturated heterocycles.